The molecule has 2 heterocycles. The van der Waals surface area contributed by atoms with Crippen LogP contribution in [0.3, 0.4) is 0 Å². The summed E-state index contributed by atoms with van der Waals surface area (Å²) in [5.41, 5.74) is 2.67. The number of hydrogen-bond donors (Lipinski definition) is 0. The molecule has 0 spiro atoms. The minimum atomic E-state index is 0.477. The number of para-hydroxylation sites is 1. The van der Waals surface area contributed by atoms with E-state index < -0.39 is 0 Å². The number of nitrogens with zero attached hydrogens (tertiary/aromatic N) is 4. The number of fused-ring (bicyclic) bond motifs is 1. The predicted molar refractivity (Wildman–Crippen MR) is 80.9 cm³/mol. The van der Waals surface area contributed by atoms with Crippen LogP contribution in [0.1, 0.15) is 17.0 Å². The predicted octanol–water partition coefficient (Wildman–Crippen LogP) is 3.02. The lowest BCUT2D eigenvalue weighted by Gasteiger charge is -2.06. The Morgan fingerprint density at radius 3 is 2.62 bits per heavy atom. The Labute approximate surface area is 127 Å². The van der Waals surface area contributed by atoms with Crippen molar-refractivity contribution in [2.24, 2.45) is 0 Å². The van der Waals surface area contributed by atoms with Gasteiger partial charge in [-0.3, -0.25) is 0 Å². The van der Waals surface area contributed by atoms with Crippen molar-refractivity contribution in [1.29, 1.82) is 0 Å². The molecule has 1 aromatic carbocycles. The molecule has 0 amide bonds. The van der Waals surface area contributed by atoms with Gasteiger partial charge < -0.3 is 4.74 Å². The smallest absolute Gasteiger partial charge is 0.181 e. The number of hydrogen-bond acceptors (Lipinski definition) is 4. The summed E-state index contributed by atoms with van der Waals surface area (Å²) >= 11 is 6.13. The summed E-state index contributed by atoms with van der Waals surface area (Å²) in [6.07, 6.45) is 0.613. The van der Waals surface area contributed by atoms with Crippen LogP contribution in [0.15, 0.2) is 30.3 Å². The number of halogens is 1. The van der Waals surface area contributed by atoms with E-state index in [1.54, 1.807) is 4.52 Å². The fraction of sp³-hybridized carbons (Fsp3) is 0.267. The summed E-state index contributed by atoms with van der Waals surface area (Å²) in [6, 6.07) is 9.68. The number of rotatable bonds is 4. The van der Waals surface area contributed by atoms with E-state index >= 15 is 0 Å². The summed E-state index contributed by atoms with van der Waals surface area (Å²) < 4.78 is 7.36. The van der Waals surface area contributed by atoms with Gasteiger partial charge in [-0.25, -0.2) is 0 Å². The van der Waals surface area contributed by atoms with Crippen LogP contribution in [0.2, 0.25) is 5.15 Å². The molecule has 0 aliphatic rings. The van der Waals surface area contributed by atoms with E-state index in [2.05, 4.69) is 15.3 Å². The minimum Gasteiger partial charge on any atom is -0.493 e. The van der Waals surface area contributed by atoms with Gasteiger partial charge in [-0.15, -0.1) is 10.2 Å². The van der Waals surface area contributed by atoms with Gasteiger partial charge in [0.1, 0.15) is 5.75 Å². The molecule has 6 heteroatoms. The van der Waals surface area contributed by atoms with Crippen molar-refractivity contribution < 1.29 is 4.74 Å². The highest BCUT2D eigenvalue weighted by atomic mass is 35.5. The van der Waals surface area contributed by atoms with E-state index in [4.69, 9.17) is 16.3 Å². The Bertz CT molecular complexity index is 770. The molecule has 0 fully saturated rings. The van der Waals surface area contributed by atoms with Crippen LogP contribution < -0.4 is 4.74 Å². The van der Waals surface area contributed by atoms with Gasteiger partial charge in [-0.2, -0.15) is 9.61 Å². The Morgan fingerprint density at radius 2 is 1.86 bits per heavy atom. The van der Waals surface area contributed by atoms with Crippen LogP contribution >= 0.6 is 11.6 Å². The van der Waals surface area contributed by atoms with Crippen LogP contribution in [0.5, 0.6) is 5.75 Å². The van der Waals surface area contributed by atoms with E-state index in [-0.39, 0.29) is 0 Å². The van der Waals surface area contributed by atoms with E-state index in [1.807, 2.05) is 44.2 Å². The number of benzene rings is 1. The first-order valence-corrected chi connectivity index (χ1v) is 7.09. The molecule has 5 nitrogen and oxygen atoms in total. The summed E-state index contributed by atoms with van der Waals surface area (Å²) in [5, 5.41) is 13.2. The average molecular weight is 303 g/mol. The van der Waals surface area contributed by atoms with Gasteiger partial charge in [-0.1, -0.05) is 29.8 Å². The van der Waals surface area contributed by atoms with Gasteiger partial charge in [0.05, 0.1) is 6.61 Å². The second-order valence-electron chi connectivity index (χ2n) is 4.80. The Hall–Kier alpha value is -2.14. The third-order valence-electron chi connectivity index (χ3n) is 3.44. The standard InChI is InChI=1S/C15H15ClN4O/c1-10-11(2)15-18-17-13(20(15)19-14(10)16)8-9-21-12-6-4-3-5-7-12/h3-7H,8-9H2,1-2H3. The van der Waals surface area contributed by atoms with Crippen molar-refractivity contribution in [3.8, 4) is 5.75 Å². The van der Waals surface area contributed by atoms with Crippen LogP contribution in [0, 0.1) is 13.8 Å². The number of aromatic nitrogens is 4. The molecular weight excluding hydrogens is 288 g/mol. The number of aryl methyl sites for hydroxylation is 1. The maximum absolute atomic E-state index is 6.13. The maximum atomic E-state index is 6.13. The lowest BCUT2D eigenvalue weighted by atomic mass is 10.2. The Kier molecular flexibility index (Phi) is 3.75. The molecule has 0 N–H and O–H groups in total. The van der Waals surface area contributed by atoms with Gasteiger partial charge >= 0.3 is 0 Å². The highest BCUT2D eigenvalue weighted by molar-refractivity contribution is 6.30. The quantitative estimate of drug-likeness (QED) is 0.743. The lowest BCUT2D eigenvalue weighted by Crippen LogP contribution is -2.07. The maximum Gasteiger partial charge on any atom is 0.181 e. The second-order valence-corrected chi connectivity index (χ2v) is 5.16. The van der Waals surface area contributed by atoms with Crippen molar-refractivity contribution >= 4 is 17.2 Å². The van der Waals surface area contributed by atoms with E-state index in [0.29, 0.717) is 18.2 Å². The summed E-state index contributed by atoms with van der Waals surface area (Å²) in [7, 11) is 0. The van der Waals surface area contributed by atoms with Crippen molar-refractivity contribution in [3.63, 3.8) is 0 Å². The van der Waals surface area contributed by atoms with Gasteiger partial charge in [0.15, 0.2) is 16.6 Å². The molecule has 0 aliphatic carbocycles. The largest absolute Gasteiger partial charge is 0.493 e. The van der Waals surface area contributed by atoms with Crippen molar-refractivity contribution in [3.05, 3.63) is 52.4 Å². The Morgan fingerprint density at radius 1 is 1.10 bits per heavy atom. The molecule has 0 atom stereocenters. The summed E-state index contributed by atoms with van der Waals surface area (Å²) in [5.74, 6) is 1.58. The molecule has 0 saturated carbocycles. The van der Waals surface area contributed by atoms with Gasteiger partial charge in [0, 0.05) is 12.0 Å². The molecule has 0 saturated heterocycles. The topological polar surface area (TPSA) is 52.3 Å². The molecular formula is C15H15ClN4O. The third-order valence-corrected chi connectivity index (χ3v) is 3.80. The first-order chi connectivity index (χ1) is 10.2. The van der Waals surface area contributed by atoms with Crippen LogP contribution in [-0.4, -0.2) is 26.4 Å². The molecule has 0 bridgehead atoms. The van der Waals surface area contributed by atoms with Crippen molar-refractivity contribution in [2.75, 3.05) is 6.61 Å². The summed E-state index contributed by atoms with van der Waals surface area (Å²) in [6.45, 7) is 4.41. The highest BCUT2D eigenvalue weighted by Gasteiger charge is 2.13. The van der Waals surface area contributed by atoms with E-state index in [9.17, 15) is 0 Å². The van der Waals surface area contributed by atoms with Crippen LogP contribution in [0.25, 0.3) is 5.65 Å². The first-order valence-electron chi connectivity index (χ1n) is 6.71. The lowest BCUT2D eigenvalue weighted by molar-refractivity contribution is 0.318. The van der Waals surface area contributed by atoms with Crippen molar-refractivity contribution in [1.82, 2.24) is 19.8 Å². The second kappa shape index (κ2) is 5.69. The molecule has 0 aliphatic heterocycles. The zero-order valence-electron chi connectivity index (χ0n) is 11.9. The molecule has 0 radical (unpaired) electrons. The van der Waals surface area contributed by atoms with Crippen LogP contribution in [-0.2, 0) is 6.42 Å². The van der Waals surface area contributed by atoms with Gasteiger partial charge in [-0.05, 0) is 31.5 Å². The molecule has 0 unspecified atom stereocenters. The van der Waals surface area contributed by atoms with E-state index in [0.717, 1.165) is 28.3 Å². The Balaban J connectivity index is 1.79. The van der Waals surface area contributed by atoms with E-state index in [1.165, 1.54) is 0 Å². The number of ether oxygens (including phenoxy) is 1. The van der Waals surface area contributed by atoms with Gasteiger partial charge in [0.2, 0.25) is 0 Å². The SMILES string of the molecule is Cc1c(Cl)nn2c(CCOc3ccccc3)nnc2c1C. The molecule has 108 valence electrons. The minimum absolute atomic E-state index is 0.477. The van der Waals surface area contributed by atoms with Gasteiger partial charge in [0.25, 0.3) is 0 Å². The highest BCUT2D eigenvalue weighted by Crippen LogP contribution is 2.19. The zero-order valence-corrected chi connectivity index (χ0v) is 12.6. The fourth-order valence-corrected chi connectivity index (χ4v) is 2.29. The first kappa shape index (κ1) is 13.8. The van der Waals surface area contributed by atoms with Crippen molar-refractivity contribution in [2.45, 2.75) is 20.3 Å². The summed E-state index contributed by atoms with van der Waals surface area (Å²) in [4.78, 5) is 0. The molecule has 3 aromatic rings. The fourth-order valence-electron chi connectivity index (χ4n) is 2.07. The van der Waals surface area contributed by atoms with Crippen LogP contribution in [0.4, 0.5) is 0 Å². The monoisotopic (exact) mass is 302 g/mol. The normalized spacial score (nSPS) is 11.0. The molecule has 2 aromatic heterocycles. The molecule has 21 heavy (non-hydrogen) atoms. The third kappa shape index (κ3) is 2.69. The zero-order chi connectivity index (χ0) is 14.8. The molecule has 3 rings (SSSR count). The average Bonchev–Trinajstić information content (AvgIpc) is 2.89.